The van der Waals surface area contributed by atoms with Crippen molar-refractivity contribution in [1.29, 1.82) is 0 Å². The number of nitrogens with one attached hydrogen (secondary N) is 1. The summed E-state index contributed by atoms with van der Waals surface area (Å²) < 4.78 is 1.52. The van der Waals surface area contributed by atoms with Gasteiger partial charge in [0.05, 0.1) is 26.9 Å². The van der Waals surface area contributed by atoms with Gasteiger partial charge in [-0.05, 0) is 43.5 Å². The van der Waals surface area contributed by atoms with Crippen LogP contribution in [0.1, 0.15) is 16.1 Å². The number of rotatable bonds is 5. The summed E-state index contributed by atoms with van der Waals surface area (Å²) in [6, 6.07) is 12.9. The Bertz CT molecular complexity index is 1020. The maximum absolute atomic E-state index is 12.7. The van der Waals surface area contributed by atoms with Crippen LogP contribution in [0.4, 0.5) is 11.5 Å². The van der Waals surface area contributed by atoms with Crippen LogP contribution in [-0.4, -0.2) is 26.9 Å². The molecular weight excluding hydrogens is 388 g/mol. The summed E-state index contributed by atoms with van der Waals surface area (Å²) in [6.07, 6.45) is 1.91. The molecular formula is C18H15ClN4O3S. The number of aryl methyl sites for hydroxylation is 1. The smallest absolute Gasteiger partial charge is 0.269 e. The molecule has 2 aromatic carbocycles. The second-order valence-corrected chi connectivity index (χ2v) is 6.94. The predicted octanol–water partition coefficient (Wildman–Crippen LogP) is 4.72. The van der Waals surface area contributed by atoms with Crippen LogP contribution in [0, 0.1) is 17.0 Å². The third-order valence-corrected chi connectivity index (χ3v) is 4.85. The first kappa shape index (κ1) is 18.9. The van der Waals surface area contributed by atoms with Crippen molar-refractivity contribution in [3.63, 3.8) is 0 Å². The van der Waals surface area contributed by atoms with E-state index < -0.39 is 4.92 Å². The summed E-state index contributed by atoms with van der Waals surface area (Å²) in [4.78, 5) is 24.0. The normalized spacial score (nSPS) is 10.6. The van der Waals surface area contributed by atoms with Gasteiger partial charge in [0.2, 0.25) is 0 Å². The zero-order valence-electron chi connectivity index (χ0n) is 14.5. The molecule has 0 aliphatic heterocycles. The fourth-order valence-corrected chi connectivity index (χ4v) is 3.13. The van der Waals surface area contributed by atoms with Crippen molar-refractivity contribution >= 4 is 40.8 Å². The number of hydrogen-bond acceptors (Lipinski definition) is 5. The third kappa shape index (κ3) is 4.12. The predicted molar refractivity (Wildman–Crippen MR) is 106 cm³/mol. The summed E-state index contributed by atoms with van der Waals surface area (Å²) in [6.45, 7) is 1.79. The number of nitro benzene ring substituents is 1. The first-order chi connectivity index (χ1) is 12.9. The number of anilines is 1. The Hall–Kier alpha value is -2.84. The molecule has 0 atom stereocenters. The van der Waals surface area contributed by atoms with Gasteiger partial charge in [0, 0.05) is 23.1 Å². The van der Waals surface area contributed by atoms with Gasteiger partial charge in [0.25, 0.3) is 11.6 Å². The average Bonchev–Trinajstić information content (AvgIpc) is 3.02. The highest BCUT2D eigenvalue weighted by Crippen LogP contribution is 2.25. The second kappa shape index (κ2) is 7.81. The Morgan fingerprint density at radius 1 is 1.22 bits per heavy atom. The fraction of sp³-hybridized carbons (Fsp3) is 0.111. The SMILES string of the molecule is CSc1ccc(Cl)c(C(=O)Nc2cc(C)nn2-c2ccc([N+](=O)[O-])cc2)c1. The summed E-state index contributed by atoms with van der Waals surface area (Å²) in [5.74, 6) is 0.0796. The Labute approximate surface area is 164 Å². The van der Waals surface area contributed by atoms with E-state index in [2.05, 4.69) is 10.4 Å². The third-order valence-electron chi connectivity index (χ3n) is 3.80. The summed E-state index contributed by atoms with van der Waals surface area (Å²) in [5, 5.41) is 18.3. The van der Waals surface area contributed by atoms with Crippen LogP contribution in [0.2, 0.25) is 5.02 Å². The molecule has 0 fully saturated rings. The standard InChI is InChI=1S/C18H15ClN4O3S/c1-11-9-17(20-18(24)15-10-14(27-2)7-8-16(15)19)22(21-11)12-3-5-13(6-4-12)23(25)26/h3-10H,1-2H3,(H,20,24). The van der Waals surface area contributed by atoms with Gasteiger partial charge in [-0.2, -0.15) is 5.10 Å². The van der Waals surface area contributed by atoms with Crippen LogP contribution in [0.15, 0.2) is 53.4 Å². The van der Waals surface area contributed by atoms with Crippen molar-refractivity contribution < 1.29 is 9.72 Å². The summed E-state index contributed by atoms with van der Waals surface area (Å²) in [7, 11) is 0. The molecule has 0 bridgehead atoms. The van der Waals surface area contributed by atoms with Gasteiger partial charge >= 0.3 is 0 Å². The minimum absolute atomic E-state index is 0.0196. The molecule has 1 aromatic heterocycles. The number of nitro groups is 1. The quantitative estimate of drug-likeness (QED) is 0.379. The number of non-ortho nitro benzene ring substituents is 1. The van der Waals surface area contributed by atoms with E-state index in [1.807, 2.05) is 12.3 Å². The van der Waals surface area contributed by atoms with E-state index in [0.717, 1.165) is 4.90 Å². The van der Waals surface area contributed by atoms with Gasteiger partial charge in [0.15, 0.2) is 0 Å². The molecule has 1 amide bonds. The first-order valence-corrected chi connectivity index (χ1v) is 9.45. The van der Waals surface area contributed by atoms with Gasteiger partial charge in [-0.1, -0.05) is 11.6 Å². The molecule has 0 saturated carbocycles. The van der Waals surface area contributed by atoms with E-state index in [-0.39, 0.29) is 11.6 Å². The zero-order valence-corrected chi connectivity index (χ0v) is 16.0. The summed E-state index contributed by atoms with van der Waals surface area (Å²) in [5.41, 5.74) is 1.62. The molecule has 27 heavy (non-hydrogen) atoms. The maximum Gasteiger partial charge on any atom is 0.269 e. The lowest BCUT2D eigenvalue weighted by atomic mass is 10.2. The molecule has 138 valence electrons. The van der Waals surface area contributed by atoms with Gasteiger partial charge in [-0.25, -0.2) is 4.68 Å². The number of carbonyl (C=O) groups is 1. The minimum atomic E-state index is -0.471. The molecule has 0 saturated heterocycles. The molecule has 0 unspecified atom stereocenters. The average molecular weight is 403 g/mol. The van der Waals surface area contributed by atoms with E-state index >= 15 is 0 Å². The van der Waals surface area contributed by atoms with Gasteiger partial charge in [0.1, 0.15) is 5.82 Å². The van der Waals surface area contributed by atoms with E-state index in [9.17, 15) is 14.9 Å². The maximum atomic E-state index is 12.7. The molecule has 1 N–H and O–H groups in total. The Morgan fingerprint density at radius 2 is 1.93 bits per heavy atom. The molecule has 0 spiro atoms. The van der Waals surface area contributed by atoms with Crippen molar-refractivity contribution in [2.75, 3.05) is 11.6 Å². The number of halogens is 1. The highest BCUT2D eigenvalue weighted by atomic mass is 35.5. The number of benzene rings is 2. The number of aromatic nitrogens is 2. The lowest BCUT2D eigenvalue weighted by Gasteiger charge is -2.10. The first-order valence-electron chi connectivity index (χ1n) is 7.85. The molecule has 3 rings (SSSR count). The fourth-order valence-electron chi connectivity index (χ4n) is 2.49. The highest BCUT2D eigenvalue weighted by molar-refractivity contribution is 7.98. The van der Waals surface area contributed by atoms with Crippen LogP contribution < -0.4 is 5.32 Å². The Kier molecular flexibility index (Phi) is 5.48. The molecule has 0 aliphatic carbocycles. The van der Waals surface area contributed by atoms with Crippen LogP contribution in [-0.2, 0) is 0 Å². The molecule has 3 aromatic rings. The highest BCUT2D eigenvalue weighted by Gasteiger charge is 2.16. The van der Waals surface area contributed by atoms with Crippen LogP contribution in [0.25, 0.3) is 5.69 Å². The molecule has 7 nitrogen and oxygen atoms in total. The molecule has 1 heterocycles. The lowest BCUT2D eigenvalue weighted by Crippen LogP contribution is -2.15. The zero-order chi connectivity index (χ0) is 19.6. The van der Waals surface area contributed by atoms with E-state index in [0.29, 0.717) is 27.8 Å². The van der Waals surface area contributed by atoms with E-state index in [1.165, 1.54) is 28.6 Å². The Morgan fingerprint density at radius 3 is 2.56 bits per heavy atom. The van der Waals surface area contributed by atoms with Crippen molar-refractivity contribution in [3.05, 3.63) is 74.9 Å². The Balaban J connectivity index is 1.92. The van der Waals surface area contributed by atoms with Crippen molar-refractivity contribution in [1.82, 2.24) is 9.78 Å². The topological polar surface area (TPSA) is 90.1 Å². The number of amides is 1. The van der Waals surface area contributed by atoms with Crippen LogP contribution in [0.5, 0.6) is 0 Å². The lowest BCUT2D eigenvalue weighted by molar-refractivity contribution is -0.384. The largest absolute Gasteiger partial charge is 0.306 e. The van der Waals surface area contributed by atoms with E-state index in [4.69, 9.17) is 11.6 Å². The molecule has 0 aliphatic rings. The van der Waals surface area contributed by atoms with Crippen LogP contribution >= 0.6 is 23.4 Å². The van der Waals surface area contributed by atoms with Crippen LogP contribution in [0.3, 0.4) is 0 Å². The van der Waals surface area contributed by atoms with Gasteiger partial charge in [-0.15, -0.1) is 11.8 Å². The number of hydrogen-bond donors (Lipinski definition) is 1. The van der Waals surface area contributed by atoms with Gasteiger partial charge < -0.3 is 5.32 Å². The second-order valence-electron chi connectivity index (χ2n) is 5.66. The summed E-state index contributed by atoms with van der Waals surface area (Å²) >= 11 is 7.68. The monoisotopic (exact) mass is 402 g/mol. The molecule has 9 heteroatoms. The van der Waals surface area contributed by atoms with E-state index in [1.54, 1.807) is 37.3 Å². The number of nitrogens with zero attached hydrogens (tertiary/aromatic N) is 3. The van der Waals surface area contributed by atoms with Crippen molar-refractivity contribution in [2.45, 2.75) is 11.8 Å². The van der Waals surface area contributed by atoms with Crippen molar-refractivity contribution in [3.8, 4) is 5.69 Å². The van der Waals surface area contributed by atoms with Gasteiger partial charge in [-0.3, -0.25) is 14.9 Å². The number of thioether (sulfide) groups is 1. The molecule has 0 radical (unpaired) electrons. The van der Waals surface area contributed by atoms with Crippen molar-refractivity contribution in [2.24, 2.45) is 0 Å². The minimum Gasteiger partial charge on any atom is -0.306 e. The number of carbonyl (C=O) groups excluding carboxylic acids is 1.